The Bertz CT molecular complexity index is 1300. The van der Waals surface area contributed by atoms with Crippen LogP contribution < -0.4 is 15.6 Å². The minimum Gasteiger partial charge on any atom is -0.367 e. The molecule has 1 aliphatic heterocycles. The van der Waals surface area contributed by atoms with Crippen molar-refractivity contribution in [2.24, 2.45) is 0 Å². The van der Waals surface area contributed by atoms with Crippen molar-refractivity contribution in [2.45, 2.75) is 39.7 Å². The van der Waals surface area contributed by atoms with Crippen molar-refractivity contribution in [1.82, 2.24) is 9.47 Å². The number of aryl methyl sites for hydroxylation is 2. The fraction of sp³-hybridized carbons (Fsp3) is 0.407. The topological polar surface area (TPSA) is 57.6 Å². The number of rotatable bonds is 5. The molecule has 1 saturated heterocycles. The highest BCUT2D eigenvalue weighted by Crippen LogP contribution is 2.38. The number of likely N-dealkylation sites (N-methyl/N-ethyl adjacent to an activating group) is 1. The number of carbonyl (C=O) groups is 1. The number of carbonyl (C=O) groups excluding carboxylic acids is 1. The average Bonchev–Trinajstić information content (AvgIpc) is 3.64. The molecule has 178 valence electrons. The average molecular weight is 463 g/mol. The van der Waals surface area contributed by atoms with E-state index in [-0.39, 0.29) is 17.0 Å². The van der Waals surface area contributed by atoms with Crippen LogP contribution in [0, 0.1) is 19.7 Å². The zero-order chi connectivity index (χ0) is 24.0. The van der Waals surface area contributed by atoms with E-state index >= 15 is 4.39 Å². The summed E-state index contributed by atoms with van der Waals surface area (Å²) in [7, 11) is 0. The number of nitrogens with one attached hydrogen (secondary N) is 1. The number of anilines is 2. The molecule has 0 unspecified atom stereocenters. The van der Waals surface area contributed by atoms with Gasteiger partial charge in [-0.15, -0.1) is 0 Å². The summed E-state index contributed by atoms with van der Waals surface area (Å²) in [6.07, 6.45) is 3.63. The van der Waals surface area contributed by atoms with Crippen LogP contribution in [0.5, 0.6) is 0 Å². The van der Waals surface area contributed by atoms with Crippen molar-refractivity contribution in [1.29, 1.82) is 0 Å². The van der Waals surface area contributed by atoms with Crippen LogP contribution >= 0.6 is 0 Å². The number of hydrogen-bond acceptors (Lipinski definition) is 4. The van der Waals surface area contributed by atoms with Crippen molar-refractivity contribution < 1.29 is 9.18 Å². The van der Waals surface area contributed by atoms with Crippen LogP contribution in [-0.4, -0.2) is 48.1 Å². The maximum Gasteiger partial charge on any atom is 0.261 e. The lowest BCUT2D eigenvalue weighted by Gasteiger charge is -2.35. The van der Waals surface area contributed by atoms with Gasteiger partial charge in [0.25, 0.3) is 5.91 Å². The third-order valence-electron chi connectivity index (χ3n) is 6.93. The Hall–Kier alpha value is -3.19. The Morgan fingerprint density at radius 2 is 1.71 bits per heavy atom. The van der Waals surface area contributed by atoms with Crippen LogP contribution in [0.15, 0.2) is 41.3 Å². The Morgan fingerprint density at radius 3 is 2.32 bits per heavy atom. The molecule has 1 saturated carbocycles. The molecule has 2 aromatic carbocycles. The summed E-state index contributed by atoms with van der Waals surface area (Å²) in [6, 6.07) is 9.12. The number of pyridine rings is 1. The summed E-state index contributed by atoms with van der Waals surface area (Å²) in [5.41, 5.74) is 3.54. The highest BCUT2D eigenvalue weighted by atomic mass is 19.1. The van der Waals surface area contributed by atoms with E-state index in [0.29, 0.717) is 16.9 Å². The monoisotopic (exact) mass is 462 g/mol. The molecule has 0 radical (unpaired) electrons. The Kier molecular flexibility index (Phi) is 5.90. The second-order valence-electron chi connectivity index (χ2n) is 9.58. The summed E-state index contributed by atoms with van der Waals surface area (Å²) in [6.45, 7) is 10.3. The van der Waals surface area contributed by atoms with Gasteiger partial charge in [0.1, 0.15) is 11.4 Å². The van der Waals surface area contributed by atoms with E-state index in [9.17, 15) is 9.59 Å². The highest BCUT2D eigenvalue weighted by Gasteiger charge is 2.28. The van der Waals surface area contributed by atoms with Gasteiger partial charge in [-0.25, -0.2) is 4.39 Å². The lowest BCUT2D eigenvalue weighted by molar-refractivity contribution is 0.102. The molecule has 7 heteroatoms. The Balaban J connectivity index is 1.54. The van der Waals surface area contributed by atoms with Crippen molar-refractivity contribution in [3.8, 4) is 0 Å². The lowest BCUT2D eigenvalue weighted by atomic mass is 10.1. The molecule has 0 atom stereocenters. The number of hydrogen-bond donors (Lipinski definition) is 1. The van der Waals surface area contributed by atoms with Crippen molar-refractivity contribution >= 4 is 28.2 Å². The number of aromatic nitrogens is 1. The molecular formula is C27H31FN4O2. The molecule has 6 nitrogen and oxygen atoms in total. The van der Waals surface area contributed by atoms with E-state index < -0.39 is 17.2 Å². The van der Waals surface area contributed by atoms with E-state index in [1.54, 1.807) is 12.3 Å². The van der Waals surface area contributed by atoms with E-state index in [1.807, 2.05) is 36.6 Å². The van der Waals surface area contributed by atoms with Gasteiger partial charge in [-0.3, -0.25) is 9.59 Å². The standard InChI is InChI=1S/C27H31FN4O2/c1-4-30-7-9-31(10-8-30)25-15-24-21(14-23(25)28)26(33)22(16-32(24)20-5-6-20)27(34)29-19-12-17(2)11-18(3)13-19/h11-16,20H,4-10H2,1-3H3,(H,29,34). The van der Waals surface area contributed by atoms with Crippen LogP contribution in [0.25, 0.3) is 10.9 Å². The third kappa shape index (κ3) is 4.32. The van der Waals surface area contributed by atoms with E-state index in [0.717, 1.165) is 56.7 Å². The van der Waals surface area contributed by atoms with E-state index in [4.69, 9.17) is 0 Å². The van der Waals surface area contributed by atoms with E-state index in [2.05, 4.69) is 22.0 Å². The molecule has 0 bridgehead atoms. The molecule has 3 aromatic rings. The van der Waals surface area contributed by atoms with Crippen LogP contribution in [0.1, 0.15) is 47.3 Å². The molecule has 0 spiro atoms. The minimum absolute atomic E-state index is 0.0438. The first kappa shape index (κ1) is 22.6. The number of amides is 1. The number of fused-ring (bicyclic) bond motifs is 1. The van der Waals surface area contributed by atoms with Gasteiger partial charge in [-0.05, 0) is 68.6 Å². The maximum atomic E-state index is 15.3. The largest absolute Gasteiger partial charge is 0.367 e. The molecule has 34 heavy (non-hydrogen) atoms. The van der Waals surface area contributed by atoms with Gasteiger partial charge < -0.3 is 19.7 Å². The maximum absolute atomic E-state index is 15.3. The van der Waals surface area contributed by atoms with Crippen molar-refractivity contribution in [3.05, 3.63) is 69.3 Å². The highest BCUT2D eigenvalue weighted by molar-refractivity contribution is 6.06. The first-order valence-electron chi connectivity index (χ1n) is 12.1. The van der Waals surface area contributed by atoms with Gasteiger partial charge in [0, 0.05) is 49.5 Å². The molecular weight excluding hydrogens is 431 g/mol. The molecule has 2 aliphatic rings. The third-order valence-corrected chi connectivity index (χ3v) is 6.93. The van der Waals surface area contributed by atoms with Gasteiger partial charge in [-0.1, -0.05) is 13.0 Å². The second-order valence-corrected chi connectivity index (χ2v) is 9.58. The second kappa shape index (κ2) is 8.87. The van der Waals surface area contributed by atoms with Crippen LogP contribution in [0.2, 0.25) is 0 Å². The summed E-state index contributed by atoms with van der Waals surface area (Å²) in [5.74, 6) is -0.879. The molecule has 2 fully saturated rings. The Morgan fingerprint density at radius 1 is 1.03 bits per heavy atom. The SMILES string of the molecule is CCN1CCN(c2cc3c(cc2F)c(=O)c(C(=O)Nc2cc(C)cc(C)c2)cn3C2CC2)CC1. The fourth-order valence-corrected chi connectivity index (χ4v) is 4.97. The molecule has 2 heterocycles. The number of nitrogens with zero attached hydrogens (tertiary/aromatic N) is 3. The van der Waals surface area contributed by atoms with Crippen LogP contribution in [0.4, 0.5) is 15.8 Å². The summed E-state index contributed by atoms with van der Waals surface area (Å²) in [4.78, 5) is 30.9. The summed E-state index contributed by atoms with van der Waals surface area (Å²) < 4.78 is 17.3. The van der Waals surface area contributed by atoms with E-state index in [1.165, 1.54) is 6.07 Å². The van der Waals surface area contributed by atoms with Crippen molar-refractivity contribution in [3.63, 3.8) is 0 Å². The quantitative estimate of drug-likeness (QED) is 0.607. The first-order chi connectivity index (χ1) is 16.3. The normalized spacial score (nSPS) is 16.8. The van der Waals surface area contributed by atoms with Gasteiger partial charge in [0.05, 0.1) is 11.2 Å². The first-order valence-corrected chi connectivity index (χ1v) is 12.1. The zero-order valence-corrected chi connectivity index (χ0v) is 20.0. The molecule has 1 aliphatic carbocycles. The number of benzene rings is 2. The molecule has 1 aromatic heterocycles. The van der Waals surface area contributed by atoms with Gasteiger partial charge in [-0.2, -0.15) is 0 Å². The molecule has 1 N–H and O–H groups in total. The van der Waals surface area contributed by atoms with Crippen LogP contribution in [-0.2, 0) is 0 Å². The summed E-state index contributed by atoms with van der Waals surface area (Å²) in [5, 5.41) is 3.12. The molecule has 5 rings (SSSR count). The number of halogens is 1. The van der Waals surface area contributed by atoms with Gasteiger partial charge >= 0.3 is 0 Å². The zero-order valence-electron chi connectivity index (χ0n) is 20.0. The Labute approximate surface area is 199 Å². The predicted molar refractivity (Wildman–Crippen MR) is 135 cm³/mol. The van der Waals surface area contributed by atoms with Gasteiger partial charge in [0.2, 0.25) is 5.43 Å². The number of piperazine rings is 1. The predicted octanol–water partition coefficient (Wildman–Crippen LogP) is 4.49. The smallest absolute Gasteiger partial charge is 0.261 e. The summed E-state index contributed by atoms with van der Waals surface area (Å²) >= 11 is 0. The van der Waals surface area contributed by atoms with Gasteiger partial charge in [0.15, 0.2) is 0 Å². The minimum atomic E-state index is -0.466. The lowest BCUT2D eigenvalue weighted by Crippen LogP contribution is -2.46. The fourth-order valence-electron chi connectivity index (χ4n) is 4.97. The van der Waals surface area contributed by atoms with Crippen LogP contribution in [0.3, 0.4) is 0 Å². The molecule has 1 amide bonds. The van der Waals surface area contributed by atoms with Crippen molar-refractivity contribution in [2.75, 3.05) is 42.9 Å².